The van der Waals surface area contributed by atoms with Crippen molar-refractivity contribution in [2.45, 2.75) is 56.8 Å². The Labute approximate surface area is 132 Å². The lowest BCUT2D eigenvalue weighted by atomic mass is 9.53. The Balaban J connectivity index is 1.41. The van der Waals surface area contributed by atoms with E-state index in [1.165, 1.54) is 25.5 Å². The summed E-state index contributed by atoms with van der Waals surface area (Å²) in [6.07, 6.45) is 3.66. The molecule has 4 aliphatic rings. The number of amides is 1. The fourth-order valence-electron chi connectivity index (χ4n) is 5.35. The van der Waals surface area contributed by atoms with Crippen LogP contribution in [0.1, 0.15) is 44.2 Å². The van der Waals surface area contributed by atoms with Crippen molar-refractivity contribution in [2.75, 3.05) is 0 Å². The second-order valence-electron chi connectivity index (χ2n) is 7.64. The molecule has 0 saturated heterocycles. The maximum Gasteiger partial charge on any atom is 0.435 e. The summed E-state index contributed by atoms with van der Waals surface area (Å²) in [5, 5.41) is 6.59. The zero-order chi connectivity index (χ0) is 16.2. The Kier molecular flexibility index (Phi) is 3.25. The van der Waals surface area contributed by atoms with E-state index < -0.39 is 11.9 Å². The molecular formula is C16H20F3N3O. The highest BCUT2D eigenvalue weighted by atomic mass is 19.4. The van der Waals surface area contributed by atoms with Crippen LogP contribution in [-0.2, 0) is 17.5 Å². The molecular weight excluding hydrogens is 307 g/mol. The average molecular weight is 327 g/mol. The van der Waals surface area contributed by atoms with Crippen molar-refractivity contribution in [1.29, 1.82) is 0 Å². The Hall–Kier alpha value is -1.53. The summed E-state index contributed by atoms with van der Waals surface area (Å²) in [6, 6.07) is 0.901. The van der Waals surface area contributed by atoms with Gasteiger partial charge in [-0.2, -0.15) is 18.3 Å². The van der Waals surface area contributed by atoms with Crippen molar-refractivity contribution in [2.24, 2.45) is 17.8 Å². The molecule has 1 aromatic rings. The lowest BCUT2D eigenvalue weighted by molar-refractivity contribution is -0.142. The molecule has 4 bridgehead atoms. The van der Waals surface area contributed by atoms with Gasteiger partial charge in [0.1, 0.15) is 6.54 Å². The summed E-state index contributed by atoms with van der Waals surface area (Å²) >= 11 is 0. The predicted octanol–water partition coefficient (Wildman–Crippen LogP) is 2.99. The van der Waals surface area contributed by atoms with Gasteiger partial charge >= 0.3 is 6.18 Å². The monoisotopic (exact) mass is 327 g/mol. The van der Waals surface area contributed by atoms with Crippen LogP contribution in [-0.4, -0.2) is 21.2 Å². The summed E-state index contributed by atoms with van der Waals surface area (Å²) in [6.45, 7) is -0.155. The Morgan fingerprint density at radius 1 is 1.22 bits per heavy atom. The van der Waals surface area contributed by atoms with Crippen LogP contribution in [0.5, 0.6) is 0 Å². The van der Waals surface area contributed by atoms with E-state index in [-0.39, 0.29) is 18.0 Å². The van der Waals surface area contributed by atoms with Crippen LogP contribution in [0, 0.1) is 17.8 Å². The van der Waals surface area contributed by atoms with E-state index in [4.69, 9.17) is 0 Å². The van der Waals surface area contributed by atoms with Crippen LogP contribution < -0.4 is 5.32 Å². The van der Waals surface area contributed by atoms with Crippen LogP contribution >= 0.6 is 0 Å². The first-order valence-electron chi connectivity index (χ1n) is 8.23. The smallest absolute Gasteiger partial charge is 0.349 e. The van der Waals surface area contributed by atoms with Gasteiger partial charge in [-0.15, -0.1) is 0 Å². The zero-order valence-corrected chi connectivity index (χ0v) is 12.8. The predicted molar refractivity (Wildman–Crippen MR) is 76.3 cm³/mol. The van der Waals surface area contributed by atoms with E-state index in [2.05, 4.69) is 10.4 Å². The van der Waals surface area contributed by atoms with Crippen LogP contribution in [0.3, 0.4) is 0 Å². The molecule has 1 N–H and O–H groups in total. The molecule has 4 nitrogen and oxygen atoms in total. The summed E-state index contributed by atoms with van der Waals surface area (Å²) in [7, 11) is 0. The molecule has 4 saturated carbocycles. The highest BCUT2D eigenvalue weighted by Gasteiger charge is 2.51. The van der Waals surface area contributed by atoms with Crippen molar-refractivity contribution >= 4 is 5.91 Å². The maximum atomic E-state index is 12.5. The topological polar surface area (TPSA) is 46.9 Å². The quantitative estimate of drug-likeness (QED) is 0.928. The molecule has 1 aromatic heterocycles. The number of nitrogens with zero attached hydrogens (tertiary/aromatic N) is 2. The van der Waals surface area contributed by atoms with Gasteiger partial charge in [0.25, 0.3) is 0 Å². The van der Waals surface area contributed by atoms with Gasteiger partial charge in [-0.3, -0.25) is 9.48 Å². The number of aromatic nitrogens is 2. The van der Waals surface area contributed by atoms with Crippen molar-refractivity contribution in [3.05, 3.63) is 18.0 Å². The largest absolute Gasteiger partial charge is 0.435 e. The van der Waals surface area contributed by atoms with Crippen LogP contribution in [0.25, 0.3) is 0 Å². The average Bonchev–Trinajstić information content (AvgIpc) is 2.84. The molecule has 7 heteroatoms. The van der Waals surface area contributed by atoms with Crippen LogP contribution in [0.4, 0.5) is 13.2 Å². The van der Waals surface area contributed by atoms with E-state index in [0.29, 0.717) is 17.8 Å². The fraction of sp³-hybridized carbons (Fsp3) is 0.750. The lowest BCUT2D eigenvalue weighted by Crippen LogP contribution is -2.60. The van der Waals surface area contributed by atoms with Gasteiger partial charge in [-0.25, -0.2) is 0 Å². The Morgan fingerprint density at radius 3 is 2.26 bits per heavy atom. The Morgan fingerprint density at radius 2 is 1.78 bits per heavy atom. The van der Waals surface area contributed by atoms with E-state index >= 15 is 0 Å². The number of hydrogen-bond acceptors (Lipinski definition) is 2. The normalized spacial score (nSPS) is 35.5. The molecule has 0 aromatic carbocycles. The second-order valence-corrected chi connectivity index (χ2v) is 7.64. The highest BCUT2D eigenvalue weighted by Crippen LogP contribution is 2.55. The fourth-order valence-corrected chi connectivity index (χ4v) is 5.35. The molecule has 4 aliphatic carbocycles. The number of rotatable bonds is 3. The van der Waals surface area contributed by atoms with Crippen molar-refractivity contribution in [1.82, 2.24) is 15.1 Å². The first-order valence-corrected chi connectivity index (χ1v) is 8.23. The third-order valence-electron chi connectivity index (χ3n) is 5.68. The summed E-state index contributed by atoms with van der Waals surface area (Å²) < 4.78 is 38.7. The number of carbonyl (C=O) groups is 1. The molecule has 126 valence electrons. The van der Waals surface area contributed by atoms with Crippen molar-refractivity contribution < 1.29 is 18.0 Å². The third kappa shape index (κ3) is 2.85. The molecule has 1 amide bonds. The molecule has 5 rings (SSSR count). The van der Waals surface area contributed by atoms with Gasteiger partial charge in [0.15, 0.2) is 5.69 Å². The standard InChI is InChI=1S/C16H20F3N3O/c17-16(18,19)13-1-2-22(21-13)9-14(23)20-15-6-10-3-11(7-15)5-12(4-10)8-15/h1-2,10-12H,3-9H2,(H,20,23). The minimum atomic E-state index is -4.47. The zero-order valence-electron chi connectivity index (χ0n) is 12.8. The van der Waals surface area contributed by atoms with E-state index in [1.807, 2.05) is 0 Å². The maximum absolute atomic E-state index is 12.5. The minimum Gasteiger partial charge on any atom is -0.349 e. The molecule has 0 aliphatic heterocycles. The SMILES string of the molecule is O=C(Cn1ccc(C(F)(F)F)n1)NC12CC3CC(CC(C3)C1)C2. The summed E-state index contributed by atoms with van der Waals surface area (Å²) in [4.78, 5) is 12.3. The van der Waals surface area contributed by atoms with Crippen molar-refractivity contribution in [3.8, 4) is 0 Å². The minimum absolute atomic E-state index is 0.119. The molecule has 1 heterocycles. The molecule has 0 unspecified atom stereocenters. The first-order chi connectivity index (χ1) is 10.8. The number of nitrogens with one attached hydrogen (secondary N) is 1. The molecule has 4 fully saturated rings. The number of hydrogen-bond donors (Lipinski definition) is 1. The van der Waals surface area contributed by atoms with Gasteiger partial charge in [-0.1, -0.05) is 0 Å². The summed E-state index contributed by atoms with van der Waals surface area (Å²) in [5.74, 6) is 1.90. The van der Waals surface area contributed by atoms with Crippen molar-refractivity contribution in [3.63, 3.8) is 0 Å². The van der Waals surface area contributed by atoms with E-state index in [0.717, 1.165) is 30.0 Å². The number of halogens is 3. The molecule has 0 atom stereocenters. The Bertz CT molecular complexity index is 587. The summed E-state index contributed by atoms with van der Waals surface area (Å²) in [5.41, 5.74) is -1.08. The second kappa shape index (κ2) is 4.98. The van der Waals surface area contributed by atoms with Gasteiger partial charge in [0, 0.05) is 11.7 Å². The van der Waals surface area contributed by atoms with Crippen LogP contribution in [0.2, 0.25) is 0 Å². The van der Waals surface area contributed by atoms with E-state index in [9.17, 15) is 18.0 Å². The molecule has 0 radical (unpaired) electrons. The highest BCUT2D eigenvalue weighted by molar-refractivity contribution is 5.76. The first kappa shape index (κ1) is 15.0. The number of carbonyl (C=O) groups excluding carboxylic acids is 1. The van der Waals surface area contributed by atoms with Gasteiger partial charge < -0.3 is 5.32 Å². The molecule has 0 spiro atoms. The van der Waals surface area contributed by atoms with Gasteiger partial charge in [0.2, 0.25) is 5.91 Å². The van der Waals surface area contributed by atoms with E-state index in [1.54, 1.807) is 0 Å². The third-order valence-corrected chi connectivity index (χ3v) is 5.68. The van der Waals surface area contributed by atoms with Gasteiger partial charge in [-0.05, 0) is 62.3 Å². The lowest BCUT2D eigenvalue weighted by Gasteiger charge is -2.56. The molecule has 23 heavy (non-hydrogen) atoms. The van der Waals surface area contributed by atoms with Crippen LogP contribution in [0.15, 0.2) is 12.3 Å². The number of alkyl halides is 3. The van der Waals surface area contributed by atoms with Gasteiger partial charge in [0.05, 0.1) is 0 Å².